The highest BCUT2D eigenvalue weighted by Gasteiger charge is 2.34. The number of sulfonamides is 1. The maximum Gasteiger partial charge on any atom is 0.270 e. The Morgan fingerprint density at radius 3 is 2.21 bits per heavy atom. The summed E-state index contributed by atoms with van der Waals surface area (Å²) < 4.78 is 35.0. The number of hydrogen-bond acceptors (Lipinski definition) is 7. The van der Waals surface area contributed by atoms with E-state index in [1.807, 2.05) is 0 Å². The zero-order chi connectivity index (χ0) is 28.8. The highest BCUT2D eigenvalue weighted by atomic mass is 35.5. The second kappa shape index (κ2) is 15.5. The van der Waals surface area contributed by atoms with Crippen molar-refractivity contribution in [2.75, 3.05) is 44.1 Å². The number of ether oxygens (including phenoxy) is 1. The van der Waals surface area contributed by atoms with Crippen LogP contribution in [0.3, 0.4) is 0 Å². The standard InChI is InChI=1S/C31H36N4O5S.2ClH/c1-40-28-10-12-29(13-11-28)41(38,39)35(31(36)24-32-20-16-27(17-21-32)33-18-4-5-19-33)30-7-3-2-6-26(30)9-8-25-14-22-34(37)23-15-25;;/h2-3,6-15,22-23,27H,4-5,16-21,24H2,1H3;2*1H. The van der Waals surface area contributed by atoms with Crippen LogP contribution in [0.1, 0.15) is 36.8 Å². The number of para-hydroxylation sites is 1. The molecule has 1 amide bonds. The van der Waals surface area contributed by atoms with Gasteiger partial charge in [-0.3, -0.25) is 9.69 Å². The third-order valence-corrected chi connectivity index (χ3v) is 9.58. The van der Waals surface area contributed by atoms with Crippen LogP contribution in [0, 0.1) is 5.21 Å². The smallest absolute Gasteiger partial charge is 0.270 e. The van der Waals surface area contributed by atoms with Crippen LogP contribution < -0.4 is 13.8 Å². The number of carbonyl (C=O) groups excluding carboxylic acids is 1. The summed E-state index contributed by atoms with van der Waals surface area (Å²) in [4.78, 5) is 18.6. The molecule has 1 aromatic heterocycles. The first-order valence-electron chi connectivity index (χ1n) is 14.0. The first-order chi connectivity index (χ1) is 19.8. The molecule has 2 aromatic carbocycles. The van der Waals surface area contributed by atoms with Crippen molar-refractivity contribution in [2.24, 2.45) is 0 Å². The van der Waals surface area contributed by atoms with E-state index in [0.717, 1.165) is 48.9 Å². The van der Waals surface area contributed by atoms with E-state index in [-0.39, 0.29) is 41.9 Å². The summed E-state index contributed by atoms with van der Waals surface area (Å²) in [5, 5.41) is 11.4. The van der Waals surface area contributed by atoms with E-state index in [1.54, 1.807) is 60.7 Å². The van der Waals surface area contributed by atoms with Crippen molar-refractivity contribution in [3.8, 4) is 5.75 Å². The average Bonchev–Trinajstić information content (AvgIpc) is 3.53. The van der Waals surface area contributed by atoms with Gasteiger partial charge in [0.25, 0.3) is 15.9 Å². The largest absolute Gasteiger partial charge is 0.619 e. The zero-order valence-electron chi connectivity index (χ0n) is 24.1. The van der Waals surface area contributed by atoms with E-state index in [2.05, 4.69) is 9.80 Å². The lowest BCUT2D eigenvalue weighted by Crippen LogP contribution is -2.49. The number of aromatic nitrogens is 1. The zero-order valence-corrected chi connectivity index (χ0v) is 26.5. The van der Waals surface area contributed by atoms with Crippen LogP contribution in [-0.4, -0.2) is 70.0 Å². The molecule has 2 fully saturated rings. The molecule has 2 aliphatic rings. The Bertz CT molecular complexity index is 1470. The van der Waals surface area contributed by atoms with Gasteiger partial charge in [-0.2, -0.15) is 4.73 Å². The molecule has 0 aliphatic carbocycles. The molecule has 0 spiro atoms. The van der Waals surface area contributed by atoms with E-state index < -0.39 is 15.9 Å². The third-order valence-electron chi connectivity index (χ3n) is 7.84. The Morgan fingerprint density at radius 1 is 0.953 bits per heavy atom. The minimum absolute atomic E-state index is 0. The third kappa shape index (κ3) is 8.27. The Kier molecular flexibility index (Phi) is 12.4. The van der Waals surface area contributed by atoms with Gasteiger partial charge in [0.15, 0.2) is 12.4 Å². The van der Waals surface area contributed by atoms with Crippen LogP contribution in [0.25, 0.3) is 12.2 Å². The fraction of sp³-hybridized carbons (Fsp3) is 0.355. The number of rotatable bonds is 9. The van der Waals surface area contributed by atoms with Gasteiger partial charge in [0, 0.05) is 31.3 Å². The summed E-state index contributed by atoms with van der Waals surface area (Å²) in [5.41, 5.74) is 1.60. The van der Waals surface area contributed by atoms with Crippen molar-refractivity contribution in [1.82, 2.24) is 9.80 Å². The van der Waals surface area contributed by atoms with Gasteiger partial charge in [0.2, 0.25) is 0 Å². The van der Waals surface area contributed by atoms with E-state index in [0.29, 0.717) is 22.1 Å². The number of benzene rings is 2. The number of methoxy groups -OCH3 is 1. The molecule has 2 aliphatic heterocycles. The molecule has 9 nitrogen and oxygen atoms in total. The number of likely N-dealkylation sites (tertiary alicyclic amines) is 2. The molecule has 0 atom stereocenters. The number of halogens is 2. The first-order valence-corrected chi connectivity index (χ1v) is 15.4. The number of hydrogen-bond donors (Lipinski definition) is 0. The number of anilines is 1. The molecule has 0 N–H and O–H groups in total. The van der Waals surface area contributed by atoms with Gasteiger partial charge < -0.3 is 14.8 Å². The monoisotopic (exact) mass is 648 g/mol. The van der Waals surface area contributed by atoms with E-state index in [4.69, 9.17) is 4.74 Å². The molecule has 0 bridgehead atoms. The van der Waals surface area contributed by atoms with Gasteiger partial charge in [-0.1, -0.05) is 30.4 Å². The summed E-state index contributed by atoms with van der Waals surface area (Å²) in [5.74, 6) is 0.0155. The molecule has 2 saturated heterocycles. The minimum atomic E-state index is -4.25. The molecule has 0 unspecified atom stereocenters. The predicted molar refractivity (Wildman–Crippen MR) is 173 cm³/mol. The maximum absolute atomic E-state index is 14.1. The van der Waals surface area contributed by atoms with E-state index in [1.165, 1.54) is 44.5 Å². The Morgan fingerprint density at radius 2 is 1.58 bits per heavy atom. The van der Waals surface area contributed by atoms with Crippen molar-refractivity contribution < 1.29 is 22.7 Å². The number of piperidine rings is 1. The first kappa shape index (κ1) is 34.3. The van der Waals surface area contributed by atoms with Gasteiger partial charge in [-0.25, -0.2) is 12.7 Å². The van der Waals surface area contributed by atoms with Crippen molar-refractivity contribution in [3.05, 3.63) is 89.4 Å². The second-order valence-corrected chi connectivity index (χ2v) is 12.3. The summed E-state index contributed by atoms with van der Waals surface area (Å²) in [6.07, 6.45) is 10.7. The van der Waals surface area contributed by atoms with Gasteiger partial charge in [0.05, 0.1) is 24.2 Å². The summed E-state index contributed by atoms with van der Waals surface area (Å²) in [7, 11) is -2.74. The topological polar surface area (TPSA) is 97.1 Å². The lowest BCUT2D eigenvalue weighted by atomic mass is 10.0. The van der Waals surface area contributed by atoms with Gasteiger partial charge in [0.1, 0.15) is 5.75 Å². The SMILES string of the molecule is COc1ccc(S(=O)(=O)N(C(=O)CN2CCC(N3CCCC3)CC2)c2ccccc2C=Cc2cc[n+]([O-])cc2)cc1.Cl.Cl. The molecule has 3 aromatic rings. The van der Waals surface area contributed by atoms with Gasteiger partial charge in [-0.15, -0.1) is 24.8 Å². The number of pyridine rings is 1. The molecule has 43 heavy (non-hydrogen) atoms. The van der Waals surface area contributed by atoms with Crippen molar-refractivity contribution in [3.63, 3.8) is 0 Å². The van der Waals surface area contributed by atoms with Crippen molar-refractivity contribution in [1.29, 1.82) is 0 Å². The van der Waals surface area contributed by atoms with Crippen LogP contribution in [0.4, 0.5) is 5.69 Å². The summed E-state index contributed by atoms with van der Waals surface area (Å²) >= 11 is 0. The Labute approximate surface area is 266 Å². The highest BCUT2D eigenvalue weighted by molar-refractivity contribution is 7.93. The normalized spacial score (nSPS) is 16.4. The Balaban J connectivity index is 0.00000253. The lowest BCUT2D eigenvalue weighted by Gasteiger charge is -2.37. The van der Waals surface area contributed by atoms with Crippen LogP contribution in [0.15, 0.2) is 78.0 Å². The second-order valence-electron chi connectivity index (χ2n) is 10.5. The molecule has 0 radical (unpaired) electrons. The fourth-order valence-corrected chi connectivity index (χ4v) is 7.03. The molecule has 232 valence electrons. The minimum Gasteiger partial charge on any atom is -0.619 e. The molecule has 0 saturated carbocycles. The molecular formula is C31H38Cl2N4O5S. The lowest BCUT2D eigenvalue weighted by molar-refractivity contribution is -0.605. The van der Waals surface area contributed by atoms with E-state index >= 15 is 0 Å². The molecule has 3 heterocycles. The van der Waals surface area contributed by atoms with E-state index in [9.17, 15) is 18.4 Å². The van der Waals surface area contributed by atoms with Gasteiger partial charge in [-0.05, 0) is 80.2 Å². The van der Waals surface area contributed by atoms with Crippen LogP contribution in [0.2, 0.25) is 0 Å². The summed E-state index contributed by atoms with van der Waals surface area (Å²) in [6.45, 7) is 3.78. The van der Waals surface area contributed by atoms with Crippen molar-refractivity contribution in [2.45, 2.75) is 36.6 Å². The van der Waals surface area contributed by atoms with Gasteiger partial charge >= 0.3 is 0 Å². The van der Waals surface area contributed by atoms with Crippen molar-refractivity contribution >= 4 is 58.6 Å². The number of nitrogens with zero attached hydrogens (tertiary/aromatic N) is 4. The predicted octanol–water partition coefficient (Wildman–Crippen LogP) is 4.62. The quantitative estimate of drug-likeness (QED) is 0.247. The maximum atomic E-state index is 14.1. The number of carbonyl (C=O) groups is 1. The Hall–Kier alpha value is -3.15. The van der Waals surface area contributed by atoms with Crippen LogP contribution >= 0.6 is 24.8 Å². The highest BCUT2D eigenvalue weighted by Crippen LogP contribution is 2.30. The molecule has 12 heteroatoms. The number of amides is 1. The average molecular weight is 650 g/mol. The molecule has 5 rings (SSSR count). The van der Waals surface area contributed by atoms with Crippen LogP contribution in [-0.2, 0) is 14.8 Å². The fourth-order valence-electron chi connectivity index (χ4n) is 5.59. The summed E-state index contributed by atoms with van der Waals surface area (Å²) in [6, 6.07) is 16.8. The van der Waals surface area contributed by atoms with Crippen LogP contribution in [0.5, 0.6) is 5.75 Å². The molecular weight excluding hydrogens is 611 g/mol.